The van der Waals surface area contributed by atoms with E-state index in [4.69, 9.17) is 0 Å². The van der Waals surface area contributed by atoms with E-state index in [1.165, 1.54) is 20.5 Å². The molecule has 0 bridgehead atoms. The molecule has 0 nitrogen and oxygen atoms in total. The van der Waals surface area contributed by atoms with Crippen LogP contribution in [0.3, 0.4) is 0 Å². The zero-order valence-electron chi connectivity index (χ0n) is 11.7. The fraction of sp³-hybridized carbons (Fsp3) is 0.500. The highest BCUT2D eigenvalue weighted by atomic mass is 32.1. The van der Waals surface area contributed by atoms with E-state index in [9.17, 15) is 0 Å². The van der Waals surface area contributed by atoms with E-state index in [0.29, 0.717) is 0 Å². The van der Waals surface area contributed by atoms with Crippen LogP contribution in [0, 0.1) is 0 Å². The van der Waals surface area contributed by atoms with Gasteiger partial charge in [-0.05, 0) is 27.8 Å². The Kier molecular flexibility index (Phi) is 2.86. The van der Waals surface area contributed by atoms with Crippen LogP contribution in [0.5, 0.6) is 0 Å². The molecule has 0 saturated carbocycles. The van der Waals surface area contributed by atoms with Crippen molar-refractivity contribution in [1.82, 2.24) is 0 Å². The SMILES string of the molecule is CC(C)(C)c1sc2ccccc2c1C(C)(C)C. The molecule has 1 aromatic heterocycles. The summed E-state index contributed by atoms with van der Waals surface area (Å²) in [5.41, 5.74) is 1.97. The van der Waals surface area contributed by atoms with Crippen molar-refractivity contribution < 1.29 is 0 Å². The van der Waals surface area contributed by atoms with Gasteiger partial charge in [-0.3, -0.25) is 0 Å². The predicted octanol–water partition coefficient (Wildman–Crippen LogP) is 5.50. The summed E-state index contributed by atoms with van der Waals surface area (Å²) < 4.78 is 1.42. The predicted molar refractivity (Wildman–Crippen MR) is 79.2 cm³/mol. The molecular weight excluding hydrogens is 224 g/mol. The summed E-state index contributed by atoms with van der Waals surface area (Å²) in [7, 11) is 0. The first-order valence-electron chi connectivity index (χ1n) is 6.24. The lowest BCUT2D eigenvalue weighted by Crippen LogP contribution is -2.19. The lowest BCUT2D eigenvalue weighted by Gasteiger charge is -2.26. The maximum Gasteiger partial charge on any atom is 0.0348 e. The maximum absolute atomic E-state index is 2.32. The standard InChI is InChI=1S/C16H22S/c1-15(2,3)13-11-9-7-8-10-12(11)17-14(13)16(4,5)6/h7-10H,1-6H3. The second kappa shape index (κ2) is 3.84. The van der Waals surface area contributed by atoms with Crippen molar-refractivity contribution in [1.29, 1.82) is 0 Å². The van der Waals surface area contributed by atoms with Crippen LogP contribution >= 0.6 is 11.3 Å². The zero-order chi connectivity index (χ0) is 12.8. The minimum atomic E-state index is 0.211. The van der Waals surface area contributed by atoms with E-state index in [1.54, 1.807) is 0 Å². The first-order chi connectivity index (χ1) is 7.71. The van der Waals surface area contributed by atoms with E-state index >= 15 is 0 Å². The summed E-state index contributed by atoms with van der Waals surface area (Å²) in [5.74, 6) is 0. The van der Waals surface area contributed by atoms with Gasteiger partial charge in [-0.1, -0.05) is 59.7 Å². The molecule has 0 fully saturated rings. The highest BCUT2D eigenvalue weighted by molar-refractivity contribution is 7.19. The first kappa shape index (κ1) is 12.6. The molecule has 2 rings (SSSR count). The fourth-order valence-electron chi connectivity index (χ4n) is 2.32. The second-order valence-electron chi connectivity index (χ2n) is 6.80. The van der Waals surface area contributed by atoms with Crippen molar-refractivity contribution in [3.8, 4) is 0 Å². The van der Waals surface area contributed by atoms with E-state index in [2.05, 4.69) is 65.8 Å². The maximum atomic E-state index is 2.32. The van der Waals surface area contributed by atoms with Crippen LogP contribution in [0.4, 0.5) is 0 Å². The highest BCUT2D eigenvalue weighted by Gasteiger charge is 2.29. The van der Waals surface area contributed by atoms with Gasteiger partial charge in [0.25, 0.3) is 0 Å². The minimum absolute atomic E-state index is 0.211. The Labute approximate surface area is 109 Å². The molecule has 92 valence electrons. The Bertz CT molecular complexity index is 533. The number of hydrogen-bond donors (Lipinski definition) is 0. The van der Waals surface area contributed by atoms with E-state index in [0.717, 1.165) is 0 Å². The first-order valence-corrected chi connectivity index (χ1v) is 7.05. The van der Waals surface area contributed by atoms with Crippen LogP contribution in [-0.4, -0.2) is 0 Å². The fourth-order valence-corrected chi connectivity index (χ4v) is 3.79. The largest absolute Gasteiger partial charge is 0.139 e. The van der Waals surface area contributed by atoms with Gasteiger partial charge in [-0.25, -0.2) is 0 Å². The van der Waals surface area contributed by atoms with Crippen LogP contribution in [0.25, 0.3) is 10.1 Å². The second-order valence-corrected chi connectivity index (χ2v) is 7.85. The quantitative estimate of drug-likeness (QED) is 0.576. The molecule has 0 spiro atoms. The van der Waals surface area contributed by atoms with Crippen molar-refractivity contribution >= 4 is 21.4 Å². The number of benzene rings is 1. The summed E-state index contributed by atoms with van der Waals surface area (Å²) in [4.78, 5) is 1.53. The van der Waals surface area contributed by atoms with Crippen molar-refractivity contribution in [3.63, 3.8) is 0 Å². The molecule has 1 aromatic carbocycles. The number of fused-ring (bicyclic) bond motifs is 1. The van der Waals surface area contributed by atoms with Gasteiger partial charge in [0.2, 0.25) is 0 Å². The van der Waals surface area contributed by atoms with Gasteiger partial charge in [0.15, 0.2) is 0 Å². The smallest absolute Gasteiger partial charge is 0.0348 e. The van der Waals surface area contributed by atoms with Crippen molar-refractivity contribution in [2.24, 2.45) is 0 Å². The lowest BCUT2D eigenvalue weighted by molar-refractivity contribution is 0.545. The van der Waals surface area contributed by atoms with Crippen molar-refractivity contribution in [3.05, 3.63) is 34.7 Å². The number of hydrogen-bond acceptors (Lipinski definition) is 1. The average Bonchev–Trinajstić information content (AvgIpc) is 2.54. The molecule has 0 radical (unpaired) electrons. The van der Waals surface area contributed by atoms with Gasteiger partial charge in [-0.15, -0.1) is 11.3 Å². The van der Waals surface area contributed by atoms with Gasteiger partial charge < -0.3 is 0 Å². The molecular formula is C16H22S. The summed E-state index contributed by atoms with van der Waals surface area (Å²) in [6.45, 7) is 13.9. The van der Waals surface area contributed by atoms with Crippen LogP contribution in [0.1, 0.15) is 52.0 Å². The third-order valence-corrected chi connectivity index (χ3v) is 4.62. The van der Waals surface area contributed by atoms with Gasteiger partial charge in [0.1, 0.15) is 0 Å². The number of rotatable bonds is 0. The van der Waals surface area contributed by atoms with Gasteiger partial charge >= 0.3 is 0 Å². The number of thiophene rings is 1. The molecule has 1 heteroatoms. The lowest BCUT2D eigenvalue weighted by atomic mass is 9.79. The third-order valence-electron chi connectivity index (χ3n) is 3.03. The van der Waals surface area contributed by atoms with Crippen molar-refractivity contribution in [2.75, 3.05) is 0 Å². The van der Waals surface area contributed by atoms with E-state index in [1.807, 2.05) is 11.3 Å². The Morgan fingerprint density at radius 1 is 0.824 bits per heavy atom. The summed E-state index contributed by atoms with van der Waals surface area (Å²) in [6, 6.07) is 8.79. The molecule has 0 unspecified atom stereocenters. The topological polar surface area (TPSA) is 0 Å². The molecule has 1 heterocycles. The van der Waals surface area contributed by atoms with E-state index < -0.39 is 0 Å². The Hall–Kier alpha value is -0.820. The summed E-state index contributed by atoms with van der Waals surface area (Å²) in [6.07, 6.45) is 0. The highest BCUT2D eigenvalue weighted by Crippen LogP contribution is 2.44. The average molecular weight is 246 g/mol. The molecule has 0 aliphatic carbocycles. The molecule has 0 aliphatic heterocycles. The normalized spacial score (nSPS) is 13.3. The Morgan fingerprint density at radius 3 is 1.94 bits per heavy atom. The third kappa shape index (κ3) is 2.26. The van der Waals surface area contributed by atoms with Crippen molar-refractivity contribution in [2.45, 2.75) is 52.4 Å². The molecule has 0 aliphatic rings. The summed E-state index contributed by atoms with van der Waals surface area (Å²) in [5, 5.41) is 1.44. The van der Waals surface area contributed by atoms with Crippen LogP contribution in [-0.2, 0) is 10.8 Å². The molecule has 0 atom stereocenters. The molecule has 2 aromatic rings. The minimum Gasteiger partial charge on any atom is -0.139 e. The Morgan fingerprint density at radius 2 is 1.41 bits per heavy atom. The zero-order valence-corrected chi connectivity index (χ0v) is 12.5. The van der Waals surface area contributed by atoms with Gasteiger partial charge in [0, 0.05) is 9.58 Å². The van der Waals surface area contributed by atoms with E-state index in [-0.39, 0.29) is 10.8 Å². The molecule has 0 saturated heterocycles. The summed E-state index contributed by atoms with van der Waals surface area (Å²) >= 11 is 1.96. The van der Waals surface area contributed by atoms with Crippen LogP contribution in [0.2, 0.25) is 0 Å². The van der Waals surface area contributed by atoms with Crippen LogP contribution in [0.15, 0.2) is 24.3 Å². The molecule has 0 amide bonds. The monoisotopic (exact) mass is 246 g/mol. The van der Waals surface area contributed by atoms with Gasteiger partial charge in [-0.2, -0.15) is 0 Å². The molecule has 0 N–H and O–H groups in total. The molecule has 17 heavy (non-hydrogen) atoms. The Balaban J connectivity index is 2.84. The van der Waals surface area contributed by atoms with Gasteiger partial charge in [0.05, 0.1) is 0 Å². The van der Waals surface area contributed by atoms with Crippen LogP contribution < -0.4 is 0 Å².